The molecule has 0 aliphatic rings. The summed E-state index contributed by atoms with van der Waals surface area (Å²) in [5.41, 5.74) is 2.13. The lowest BCUT2D eigenvalue weighted by Crippen LogP contribution is -2.00. The van der Waals surface area contributed by atoms with Crippen LogP contribution in [0, 0.1) is 6.92 Å². The lowest BCUT2D eigenvalue weighted by atomic mass is 10.2. The molecule has 0 fully saturated rings. The number of nitrogens with zero attached hydrogens (tertiary/aromatic N) is 2. The van der Waals surface area contributed by atoms with Crippen molar-refractivity contribution in [1.29, 1.82) is 0 Å². The Labute approximate surface area is 85.8 Å². The molecule has 0 aliphatic carbocycles. The number of hydrogen-bond donors (Lipinski definition) is 2. The van der Waals surface area contributed by atoms with Gasteiger partial charge in [0.2, 0.25) is 0 Å². The SMILES string of the molecule is Cc1[nH]cnc1-c1cccc(C(=O)O)n1. The maximum Gasteiger partial charge on any atom is 0.354 e. The minimum absolute atomic E-state index is 0.0231. The van der Waals surface area contributed by atoms with Crippen LogP contribution < -0.4 is 0 Å². The van der Waals surface area contributed by atoms with E-state index in [0.29, 0.717) is 11.4 Å². The van der Waals surface area contributed by atoms with E-state index in [4.69, 9.17) is 5.11 Å². The average Bonchev–Trinajstić information content (AvgIpc) is 2.64. The lowest BCUT2D eigenvalue weighted by Gasteiger charge is -1.99. The minimum atomic E-state index is -1.04. The third-order valence-corrected chi connectivity index (χ3v) is 2.04. The monoisotopic (exact) mass is 203 g/mol. The van der Waals surface area contributed by atoms with Gasteiger partial charge in [-0.3, -0.25) is 0 Å². The van der Waals surface area contributed by atoms with E-state index in [0.717, 1.165) is 5.69 Å². The van der Waals surface area contributed by atoms with E-state index in [2.05, 4.69) is 15.0 Å². The summed E-state index contributed by atoms with van der Waals surface area (Å²) >= 11 is 0. The maximum atomic E-state index is 10.7. The Bertz CT molecular complexity index is 505. The Hall–Kier alpha value is -2.17. The molecule has 2 N–H and O–H groups in total. The lowest BCUT2D eigenvalue weighted by molar-refractivity contribution is 0.0690. The number of carboxylic acids is 1. The second kappa shape index (κ2) is 3.53. The summed E-state index contributed by atoms with van der Waals surface area (Å²) in [5.74, 6) is -1.04. The Morgan fingerprint density at radius 1 is 1.47 bits per heavy atom. The molecule has 0 bridgehead atoms. The van der Waals surface area contributed by atoms with E-state index in [1.165, 1.54) is 6.07 Å². The second-order valence-electron chi connectivity index (χ2n) is 3.09. The van der Waals surface area contributed by atoms with Crippen molar-refractivity contribution in [2.45, 2.75) is 6.92 Å². The smallest absolute Gasteiger partial charge is 0.354 e. The fourth-order valence-electron chi connectivity index (χ4n) is 1.30. The van der Waals surface area contributed by atoms with Gasteiger partial charge in [0.1, 0.15) is 11.4 Å². The molecule has 2 heterocycles. The second-order valence-corrected chi connectivity index (χ2v) is 3.09. The maximum absolute atomic E-state index is 10.7. The number of aromatic nitrogens is 3. The Balaban J connectivity index is 2.50. The molecule has 5 nitrogen and oxygen atoms in total. The molecule has 0 atom stereocenters. The van der Waals surface area contributed by atoms with Crippen LogP contribution in [0.5, 0.6) is 0 Å². The molecule has 0 aromatic carbocycles. The molecule has 2 aromatic rings. The number of carbonyl (C=O) groups is 1. The van der Waals surface area contributed by atoms with Gasteiger partial charge in [0.15, 0.2) is 0 Å². The number of H-pyrrole nitrogens is 1. The van der Waals surface area contributed by atoms with Crippen molar-refractivity contribution in [2.24, 2.45) is 0 Å². The van der Waals surface area contributed by atoms with Crippen LogP contribution in [0.1, 0.15) is 16.2 Å². The molecule has 0 saturated carbocycles. The predicted octanol–water partition coefficient (Wildman–Crippen LogP) is 1.48. The van der Waals surface area contributed by atoms with Crippen LogP contribution in [0.4, 0.5) is 0 Å². The molecular formula is C10H9N3O2. The van der Waals surface area contributed by atoms with E-state index in [1.54, 1.807) is 18.5 Å². The van der Waals surface area contributed by atoms with Gasteiger partial charge < -0.3 is 10.1 Å². The largest absolute Gasteiger partial charge is 0.477 e. The van der Waals surface area contributed by atoms with E-state index in [1.807, 2.05) is 6.92 Å². The van der Waals surface area contributed by atoms with Crippen molar-refractivity contribution in [3.63, 3.8) is 0 Å². The first kappa shape index (κ1) is 9.39. The molecule has 0 unspecified atom stereocenters. The summed E-state index contributed by atoms with van der Waals surface area (Å²) in [5, 5.41) is 8.79. The topological polar surface area (TPSA) is 78.9 Å². The fourth-order valence-corrected chi connectivity index (χ4v) is 1.30. The Kier molecular flexibility index (Phi) is 2.21. The number of aromatic amines is 1. The summed E-state index contributed by atoms with van der Waals surface area (Å²) < 4.78 is 0. The number of aromatic carboxylic acids is 1. The van der Waals surface area contributed by atoms with Gasteiger partial charge >= 0.3 is 5.97 Å². The summed E-state index contributed by atoms with van der Waals surface area (Å²) in [6.45, 7) is 1.86. The predicted molar refractivity (Wildman–Crippen MR) is 53.5 cm³/mol. The van der Waals surface area contributed by atoms with Crippen molar-refractivity contribution in [3.8, 4) is 11.4 Å². The van der Waals surface area contributed by atoms with Crippen LogP contribution in [0.25, 0.3) is 11.4 Å². The summed E-state index contributed by atoms with van der Waals surface area (Å²) in [4.78, 5) is 21.7. The molecule has 2 rings (SSSR count). The Morgan fingerprint density at radius 3 is 2.87 bits per heavy atom. The average molecular weight is 203 g/mol. The standard InChI is InChI=1S/C10H9N3O2/c1-6-9(12-5-11-6)7-3-2-4-8(13-7)10(14)15/h2-5H,1H3,(H,11,12)(H,14,15). The van der Waals surface area contributed by atoms with Gasteiger partial charge in [-0.25, -0.2) is 14.8 Å². The quantitative estimate of drug-likeness (QED) is 0.774. The highest BCUT2D eigenvalue weighted by molar-refractivity contribution is 5.86. The van der Waals surface area contributed by atoms with E-state index < -0.39 is 5.97 Å². The van der Waals surface area contributed by atoms with E-state index in [-0.39, 0.29) is 5.69 Å². The molecule has 2 aromatic heterocycles. The van der Waals surface area contributed by atoms with Crippen molar-refractivity contribution in [1.82, 2.24) is 15.0 Å². The Morgan fingerprint density at radius 2 is 2.27 bits per heavy atom. The number of carboxylic acid groups (broad SMARTS) is 1. The number of nitrogens with one attached hydrogen (secondary N) is 1. The molecular weight excluding hydrogens is 194 g/mol. The van der Waals surface area contributed by atoms with E-state index >= 15 is 0 Å². The molecule has 15 heavy (non-hydrogen) atoms. The first-order chi connectivity index (χ1) is 7.18. The van der Waals surface area contributed by atoms with Crippen molar-refractivity contribution >= 4 is 5.97 Å². The zero-order valence-electron chi connectivity index (χ0n) is 8.06. The number of aryl methyl sites for hydroxylation is 1. The number of pyridine rings is 1. The van der Waals surface area contributed by atoms with Crippen LogP contribution in [-0.2, 0) is 0 Å². The number of rotatable bonds is 2. The van der Waals surface area contributed by atoms with Crippen LogP contribution in [-0.4, -0.2) is 26.0 Å². The molecule has 0 saturated heterocycles. The molecule has 0 amide bonds. The van der Waals surface area contributed by atoms with Gasteiger partial charge in [-0.1, -0.05) is 6.07 Å². The summed E-state index contributed by atoms with van der Waals surface area (Å²) in [7, 11) is 0. The van der Waals surface area contributed by atoms with E-state index in [9.17, 15) is 4.79 Å². The van der Waals surface area contributed by atoms with Crippen molar-refractivity contribution in [2.75, 3.05) is 0 Å². The highest BCUT2D eigenvalue weighted by Crippen LogP contribution is 2.17. The highest BCUT2D eigenvalue weighted by Gasteiger charge is 2.09. The van der Waals surface area contributed by atoms with Gasteiger partial charge in [-0.2, -0.15) is 0 Å². The fraction of sp³-hybridized carbons (Fsp3) is 0.100. The molecule has 5 heteroatoms. The zero-order valence-corrected chi connectivity index (χ0v) is 8.06. The first-order valence-electron chi connectivity index (χ1n) is 4.39. The summed E-state index contributed by atoms with van der Waals surface area (Å²) in [6.07, 6.45) is 1.56. The zero-order chi connectivity index (χ0) is 10.8. The van der Waals surface area contributed by atoms with Crippen LogP contribution in [0.3, 0.4) is 0 Å². The molecule has 0 spiro atoms. The van der Waals surface area contributed by atoms with Gasteiger partial charge in [-0.15, -0.1) is 0 Å². The van der Waals surface area contributed by atoms with Gasteiger partial charge in [0.25, 0.3) is 0 Å². The normalized spacial score (nSPS) is 10.2. The number of imidazole rings is 1. The van der Waals surface area contributed by atoms with Crippen LogP contribution in [0.15, 0.2) is 24.5 Å². The van der Waals surface area contributed by atoms with Gasteiger partial charge in [0.05, 0.1) is 12.0 Å². The summed E-state index contributed by atoms with van der Waals surface area (Å²) in [6, 6.07) is 4.84. The minimum Gasteiger partial charge on any atom is -0.477 e. The number of hydrogen-bond acceptors (Lipinski definition) is 3. The third-order valence-electron chi connectivity index (χ3n) is 2.04. The molecule has 0 radical (unpaired) electrons. The molecule has 76 valence electrons. The van der Waals surface area contributed by atoms with Crippen LogP contribution >= 0.6 is 0 Å². The van der Waals surface area contributed by atoms with Crippen LogP contribution in [0.2, 0.25) is 0 Å². The third kappa shape index (κ3) is 1.71. The van der Waals surface area contributed by atoms with Gasteiger partial charge in [0, 0.05) is 5.69 Å². The van der Waals surface area contributed by atoms with Crippen molar-refractivity contribution in [3.05, 3.63) is 35.9 Å². The highest BCUT2D eigenvalue weighted by atomic mass is 16.4. The molecule has 0 aliphatic heterocycles. The van der Waals surface area contributed by atoms with Crippen molar-refractivity contribution < 1.29 is 9.90 Å². The first-order valence-corrected chi connectivity index (χ1v) is 4.39. The van der Waals surface area contributed by atoms with Gasteiger partial charge in [-0.05, 0) is 19.1 Å².